The van der Waals surface area contributed by atoms with Crippen LogP contribution in [-0.2, 0) is 0 Å². The van der Waals surface area contributed by atoms with Gasteiger partial charge in [0, 0.05) is 20.2 Å². The van der Waals surface area contributed by atoms with Crippen LogP contribution < -0.4 is 0 Å². The molecule has 0 saturated heterocycles. The molecule has 0 aliphatic carbocycles. The molecule has 128 valence electrons. The van der Waals surface area contributed by atoms with E-state index >= 15 is 0 Å². The van der Waals surface area contributed by atoms with E-state index in [4.69, 9.17) is 0 Å². The Kier molecular flexibility index (Phi) is 3.08. The van der Waals surface area contributed by atoms with E-state index < -0.39 is 0 Å². The highest BCUT2D eigenvalue weighted by Gasteiger charge is 2.12. The minimum atomic E-state index is 0.745. The molecule has 0 saturated carbocycles. The molecule has 28 heavy (non-hydrogen) atoms. The zero-order valence-electron chi connectivity index (χ0n) is 14.5. The molecule has 4 aromatic carbocycles. The molecule has 2 heterocycles. The predicted octanol–water partition coefficient (Wildman–Crippen LogP) is 7.32. The highest BCUT2D eigenvalue weighted by atomic mass is 32.1. The molecule has 0 amide bonds. The Bertz CT molecular complexity index is 1560. The van der Waals surface area contributed by atoms with Crippen molar-refractivity contribution >= 4 is 75.2 Å². The lowest BCUT2D eigenvalue weighted by Gasteiger charge is -2.09. The van der Waals surface area contributed by atoms with Gasteiger partial charge in [-0.15, -0.1) is 22.7 Å². The van der Waals surface area contributed by atoms with Gasteiger partial charge in [-0.3, -0.25) is 0 Å². The number of benzene rings is 4. The first-order valence-electron chi connectivity index (χ1n) is 8.81. The van der Waals surface area contributed by atoms with Crippen molar-refractivity contribution < 1.29 is 0 Å². The van der Waals surface area contributed by atoms with E-state index in [2.05, 4.69) is 60.7 Å². The van der Waals surface area contributed by atoms with Gasteiger partial charge in [0.15, 0.2) is 0 Å². The summed E-state index contributed by atoms with van der Waals surface area (Å²) in [6, 6.07) is 25.8. The third-order valence-electron chi connectivity index (χ3n) is 5.41. The van der Waals surface area contributed by atoms with Crippen molar-refractivity contribution in [2.45, 2.75) is 0 Å². The van der Waals surface area contributed by atoms with Gasteiger partial charge in [-0.25, -0.2) is 0 Å². The molecule has 0 aliphatic heterocycles. The van der Waals surface area contributed by atoms with Crippen LogP contribution in [0.15, 0.2) is 60.7 Å². The molecule has 0 spiro atoms. The highest BCUT2D eigenvalue weighted by Crippen LogP contribution is 2.39. The molecule has 6 rings (SSSR count). The lowest BCUT2D eigenvalue weighted by molar-refractivity contribution is 1.52. The molecule has 0 aliphatic rings. The van der Waals surface area contributed by atoms with Crippen molar-refractivity contribution in [3.05, 3.63) is 70.4 Å². The Hall–Kier alpha value is -3.44. The van der Waals surface area contributed by atoms with E-state index in [0.717, 1.165) is 29.9 Å². The molecule has 2 aromatic heterocycles. The molecular formula is C24H10N2S2. The molecule has 0 radical (unpaired) electrons. The first kappa shape index (κ1) is 15.6. The quantitative estimate of drug-likeness (QED) is 0.255. The van der Waals surface area contributed by atoms with Gasteiger partial charge in [0.2, 0.25) is 0 Å². The first-order chi connectivity index (χ1) is 13.8. The average molecular weight is 390 g/mol. The van der Waals surface area contributed by atoms with Gasteiger partial charge in [0.1, 0.15) is 21.9 Å². The number of hydrogen-bond acceptors (Lipinski definition) is 4. The summed E-state index contributed by atoms with van der Waals surface area (Å²) in [6.45, 7) is 0. The van der Waals surface area contributed by atoms with Gasteiger partial charge >= 0.3 is 0 Å². The normalized spacial score (nSPS) is 11.5. The number of nitriles is 2. The second kappa shape index (κ2) is 5.53. The van der Waals surface area contributed by atoms with E-state index in [0.29, 0.717) is 0 Å². The van der Waals surface area contributed by atoms with Gasteiger partial charge in [-0.05, 0) is 56.6 Å². The van der Waals surface area contributed by atoms with E-state index in [-0.39, 0.29) is 0 Å². The van der Waals surface area contributed by atoms with E-state index in [9.17, 15) is 10.5 Å². The topological polar surface area (TPSA) is 47.6 Å². The Morgan fingerprint density at radius 2 is 0.786 bits per heavy atom. The third kappa shape index (κ3) is 1.99. The Labute approximate surface area is 168 Å². The summed E-state index contributed by atoms with van der Waals surface area (Å²) in [5, 5.41) is 28.0. The van der Waals surface area contributed by atoms with Crippen molar-refractivity contribution in [1.29, 1.82) is 10.5 Å². The summed E-state index contributed by atoms with van der Waals surface area (Å²) in [6.07, 6.45) is 0. The fourth-order valence-electron chi connectivity index (χ4n) is 4.19. The SMILES string of the molecule is N#Cc1cc2c(ccc3c2ccc2c4ccc5sc(C#N)cc5c4ccc32)s1. The van der Waals surface area contributed by atoms with E-state index in [1.165, 1.54) is 55.0 Å². The number of hydrogen-bond donors (Lipinski definition) is 0. The van der Waals surface area contributed by atoms with Crippen molar-refractivity contribution in [2.24, 2.45) is 0 Å². The van der Waals surface area contributed by atoms with Crippen LogP contribution in [0.3, 0.4) is 0 Å². The largest absolute Gasteiger partial charge is 0.192 e. The standard InChI is InChI=1S/C24H10N2S2/c25-11-13-9-21-19-3-1-15-16(18(19)6-8-23(21)27-13)2-4-20-17(15)5-7-24-22(20)10-14(12-26)28-24/h1-10H. The third-order valence-corrected chi connectivity index (χ3v) is 7.42. The van der Waals surface area contributed by atoms with Crippen LogP contribution >= 0.6 is 22.7 Å². The monoisotopic (exact) mass is 390 g/mol. The smallest absolute Gasteiger partial charge is 0.110 e. The minimum Gasteiger partial charge on any atom is -0.192 e. The number of thiophene rings is 2. The second-order valence-corrected chi connectivity index (χ2v) is 8.98. The molecule has 0 fully saturated rings. The zero-order valence-corrected chi connectivity index (χ0v) is 16.1. The van der Waals surface area contributed by atoms with Gasteiger partial charge in [-0.2, -0.15) is 10.5 Å². The Morgan fingerprint density at radius 1 is 0.464 bits per heavy atom. The summed E-state index contributed by atoms with van der Waals surface area (Å²) >= 11 is 3.08. The number of rotatable bonds is 0. The van der Waals surface area contributed by atoms with Crippen molar-refractivity contribution in [2.75, 3.05) is 0 Å². The molecule has 0 N–H and O–H groups in total. The van der Waals surface area contributed by atoms with E-state index in [1.807, 2.05) is 12.1 Å². The Morgan fingerprint density at radius 3 is 1.14 bits per heavy atom. The van der Waals surface area contributed by atoms with Crippen LogP contribution in [0.4, 0.5) is 0 Å². The fourth-order valence-corrected chi connectivity index (χ4v) is 5.94. The number of nitrogens with zero attached hydrogens (tertiary/aromatic N) is 2. The molecule has 0 unspecified atom stereocenters. The predicted molar refractivity (Wildman–Crippen MR) is 119 cm³/mol. The van der Waals surface area contributed by atoms with Crippen LogP contribution in [-0.4, -0.2) is 0 Å². The maximum atomic E-state index is 9.25. The average Bonchev–Trinajstić information content (AvgIpc) is 3.36. The van der Waals surface area contributed by atoms with Gasteiger partial charge < -0.3 is 0 Å². The Balaban J connectivity index is 1.76. The fraction of sp³-hybridized carbons (Fsp3) is 0. The van der Waals surface area contributed by atoms with Gasteiger partial charge in [-0.1, -0.05) is 36.4 Å². The van der Waals surface area contributed by atoms with Crippen LogP contribution in [0.25, 0.3) is 52.5 Å². The molecule has 0 atom stereocenters. The molecule has 0 bridgehead atoms. The van der Waals surface area contributed by atoms with Crippen molar-refractivity contribution in [1.82, 2.24) is 0 Å². The van der Waals surface area contributed by atoms with Crippen LogP contribution in [0.5, 0.6) is 0 Å². The molecule has 6 aromatic rings. The molecule has 4 heteroatoms. The number of fused-ring (bicyclic) bond motifs is 9. The maximum absolute atomic E-state index is 9.25. The summed E-state index contributed by atoms with van der Waals surface area (Å²) in [7, 11) is 0. The molecule has 2 nitrogen and oxygen atoms in total. The summed E-state index contributed by atoms with van der Waals surface area (Å²) in [4.78, 5) is 1.49. The minimum absolute atomic E-state index is 0.745. The van der Waals surface area contributed by atoms with Crippen molar-refractivity contribution in [3.8, 4) is 12.1 Å². The maximum Gasteiger partial charge on any atom is 0.110 e. The van der Waals surface area contributed by atoms with Crippen LogP contribution in [0, 0.1) is 22.7 Å². The molecular weight excluding hydrogens is 380 g/mol. The van der Waals surface area contributed by atoms with Crippen molar-refractivity contribution in [3.63, 3.8) is 0 Å². The van der Waals surface area contributed by atoms with Crippen LogP contribution in [0.1, 0.15) is 9.75 Å². The van der Waals surface area contributed by atoms with Crippen LogP contribution in [0.2, 0.25) is 0 Å². The summed E-state index contributed by atoms with van der Waals surface area (Å²) in [5.41, 5.74) is 0. The van der Waals surface area contributed by atoms with Gasteiger partial charge in [0.25, 0.3) is 0 Å². The van der Waals surface area contributed by atoms with E-state index in [1.54, 1.807) is 0 Å². The zero-order chi connectivity index (χ0) is 18.8. The summed E-state index contributed by atoms with van der Waals surface area (Å²) in [5.74, 6) is 0. The lowest BCUT2D eigenvalue weighted by atomic mass is 9.95. The second-order valence-electron chi connectivity index (χ2n) is 6.82. The van der Waals surface area contributed by atoms with Gasteiger partial charge in [0.05, 0.1) is 0 Å². The summed E-state index contributed by atoms with van der Waals surface area (Å²) < 4.78 is 2.29. The first-order valence-corrected chi connectivity index (χ1v) is 10.4. The lowest BCUT2D eigenvalue weighted by Crippen LogP contribution is -1.81. The highest BCUT2D eigenvalue weighted by molar-refractivity contribution is 7.20.